The molecule has 0 aromatic heterocycles. The van der Waals surface area contributed by atoms with Crippen LogP contribution in [0.1, 0.15) is 38.5 Å². The molecule has 5 rings (SSSR count). The van der Waals surface area contributed by atoms with Gasteiger partial charge in [-0.05, 0) is 36.6 Å². The SMILES string of the molecule is Cc1ccc(C(=O)[C@@H]2[C@H](c3ccc([N+](=O)[O-])cc3)C(C#N)(C#N)[C@@H]3C=Cc4ccccc4N23)c(C)c1. The van der Waals surface area contributed by atoms with Crippen molar-refractivity contribution in [3.05, 3.63) is 111 Å². The van der Waals surface area contributed by atoms with Gasteiger partial charge in [0.05, 0.1) is 23.1 Å². The van der Waals surface area contributed by atoms with Crippen LogP contribution in [0.15, 0.2) is 72.8 Å². The fourth-order valence-electron chi connectivity index (χ4n) is 5.66. The first-order valence-electron chi connectivity index (χ1n) is 11.6. The van der Waals surface area contributed by atoms with Crippen LogP contribution < -0.4 is 4.90 Å². The van der Waals surface area contributed by atoms with E-state index in [1.165, 1.54) is 12.1 Å². The van der Waals surface area contributed by atoms with Crippen LogP contribution in [0.5, 0.6) is 0 Å². The molecule has 2 heterocycles. The second-order valence-corrected chi connectivity index (χ2v) is 9.32. The Bertz CT molecular complexity index is 1500. The molecule has 3 aromatic carbocycles. The summed E-state index contributed by atoms with van der Waals surface area (Å²) in [5, 5.41) is 32.2. The molecule has 0 amide bonds. The summed E-state index contributed by atoms with van der Waals surface area (Å²) in [7, 11) is 0. The molecule has 0 unspecified atom stereocenters. The summed E-state index contributed by atoms with van der Waals surface area (Å²) in [5.41, 5.74) is 2.85. The Kier molecular flexibility index (Phi) is 5.42. The van der Waals surface area contributed by atoms with E-state index in [4.69, 9.17) is 0 Å². The Labute approximate surface area is 208 Å². The number of non-ortho nitro benzene ring substituents is 1. The number of nitriles is 2. The number of hydrogen-bond donors (Lipinski definition) is 0. The number of nitro benzene ring substituents is 1. The molecule has 2 aliphatic heterocycles. The fraction of sp³-hybridized carbons (Fsp3) is 0.207. The topological polar surface area (TPSA) is 111 Å². The van der Waals surface area contributed by atoms with Crippen LogP contribution in [0.2, 0.25) is 0 Å². The molecule has 0 aliphatic carbocycles. The molecule has 0 radical (unpaired) electrons. The van der Waals surface area contributed by atoms with Gasteiger partial charge in [0.1, 0.15) is 6.04 Å². The predicted octanol–water partition coefficient (Wildman–Crippen LogP) is 5.50. The van der Waals surface area contributed by atoms with Crippen molar-refractivity contribution >= 4 is 23.2 Å². The molecule has 2 aliphatic rings. The second-order valence-electron chi connectivity index (χ2n) is 9.32. The van der Waals surface area contributed by atoms with Crippen molar-refractivity contribution < 1.29 is 9.72 Å². The lowest BCUT2D eigenvalue weighted by atomic mass is 9.69. The van der Waals surface area contributed by atoms with Gasteiger partial charge in [-0.2, -0.15) is 10.5 Å². The average molecular weight is 475 g/mol. The number of hydrogen-bond acceptors (Lipinski definition) is 6. The lowest BCUT2D eigenvalue weighted by Gasteiger charge is -2.35. The van der Waals surface area contributed by atoms with E-state index in [0.717, 1.165) is 22.4 Å². The third kappa shape index (κ3) is 3.29. The molecule has 176 valence electrons. The molecule has 0 N–H and O–H groups in total. The number of para-hydroxylation sites is 1. The second kappa shape index (κ2) is 8.48. The Morgan fingerprint density at radius 1 is 1.03 bits per heavy atom. The fourth-order valence-corrected chi connectivity index (χ4v) is 5.66. The maximum absolute atomic E-state index is 14.3. The van der Waals surface area contributed by atoms with Crippen LogP contribution in [0, 0.1) is 52.0 Å². The van der Waals surface area contributed by atoms with E-state index in [1.54, 1.807) is 18.2 Å². The highest BCUT2D eigenvalue weighted by Gasteiger charge is 2.63. The van der Waals surface area contributed by atoms with Gasteiger partial charge in [-0.3, -0.25) is 14.9 Å². The van der Waals surface area contributed by atoms with Crippen LogP contribution in [0.25, 0.3) is 6.08 Å². The molecular weight excluding hydrogens is 452 g/mol. The standard InChI is InChI=1S/C29H22N4O3/c1-18-7-13-23(19(2)15-18)28(34)27-26(21-8-11-22(12-9-21)33(35)36)29(16-30,17-31)25-14-10-20-5-3-4-6-24(20)32(25)27/h3-15,25-27H,1-2H3/t25-,26-,27-/m0/s1. The number of carbonyl (C=O) groups is 1. The van der Waals surface area contributed by atoms with Crippen molar-refractivity contribution in [3.63, 3.8) is 0 Å². The summed E-state index contributed by atoms with van der Waals surface area (Å²) >= 11 is 0. The zero-order chi connectivity index (χ0) is 25.6. The van der Waals surface area contributed by atoms with Crippen LogP contribution in [0.3, 0.4) is 0 Å². The normalized spacial score (nSPS) is 21.1. The number of nitrogens with zero attached hydrogens (tertiary/aromatic N) is 4. The maximum Gasteiger partial charge on any atom is 0.269 e. The van der Waals surface area contributed by atoms with Gasteiger partial charge in [0, 0.05) is 29.3 Å². The van der Waals surface area contributed by atoms with Gasteiger partial charge in [-0.25, -0.2) is 0 Å². The van der Waals surface area contributed by atoms with Gasteiger partial charge in [0.2, 0.25) is 0 Å². The highest BCUT2D eigenvalue weighted by Crippen LogP contribution is 2.55. The average Bonchev–Trinajstić information content (AvgIpc) is 3.19. The molecule has 0 saturated carbocycles. The van der Waals surface area contributed by atoms with Crippen LogP contribution in [-0.4, -0.2) is 22.8 Å². The molecule has 36 heavy (non-hydrogen) atoms. The van der Waals surface area contributed by atoms with Gasteiger partial charge in [-0.1, -0.05) is 66.2 Å². The molecule has 3 aromatic rings. The number of nitro groups is 1. The summed E-state index contributed by atoms with van der Waals surface area (Å²) in [6.07, 6.45) is 3.71. The minimum Gasteiger partial charge on any atom is -0.351 e. The van der Waals surface area contributed by atoms with Gasteiger partial charge in [0.25, 0.3) is 5.69 Å². The number of anilines is 1. The van der Waals surface area contributed by atoms with Crippen molar-refractivity contribution in [1.29, 1.82) is 10.5 Å². The molecule has 1 fully saturated rings. The largest absolute Gasteiger partial charge is 0.351 e. The number of carbonyl (C=O) groups excluding carboxylic acids is 1. The molecule has 7 nitrogen and oxygen atoms in total. The quantitative estimate of drug-likeness (QED) is 0.281. The van der Waals surface area contributed by atoms with Crippen molar-refractivity contribution in [2.24, 2.45) is 5.41 Å². The van der Waals surface area contributed by atoms with E-state index < -0.39 is 28.3 Å². The number of aryl methyl sites for hydroxylation is 2. The first-order chi connectivity index (χ1) is 17.3. The minimum atomic E-state index is -1.60. The number of Topliss-reactive ketones (excluding diaryl/α,β-unsaturated/α-hetero) is 1. The predicted molar refractivity (Wildman–Crippen MR) is 135 cm³/mol. The van der Waals surface area contributed by atoms with E-state index in [2.05, 4.69) is 12.1 Å². The Balaban J connectivity index is 1.78. The van der Waals surface area contributed by atoms with E-state index in [-0.39, 0.29) is 11.5 Å². The van der Waals surface area contributed by atoms with Crippen LogP contribution in [-0.2, 0) is 0 Å². The lowest BCUT2D eigenvalue weighted by molar-refractivity contribution is -0.384. The van der Waals surface area contributed by atoms with Crippen molar-refractivity contribution in [2.45, 2.75) is 31.8 Å². The van der Waals surface area contributed by atoms with Crippen molar-refractivity contribution in [3.8, 4) is 12.1 Å². The molecule has 7 heteroatoms. The summed E-state index contributed by atoms with van der Waals surface area (Å²) in [6.45, 7) is 3.83. The molecule has 0 spiro atoms. The number of fused-ring (bicyclic) bond motifs is 3. The third-order valence-corrected chi connectivity index (χ3v) is 7.29. The van der Waals surface area contributed by atoms with E-state index in [0.29, 0.717) is 11.1 Å². The monoisotopic (exact) mass is 474 g/mol. The van der Waals surface area contributed by atoms with Crippen LogP contribution >= 0.6 is 0 Å². The molecule has 3 atom stereocenters. The smallest absolute Gasteiger partial charge is 0.269 e. The number of ketones is 1. The lowest BCUT2D eigenvalue weighted by Crippen LogP contribution is -2.44. The van der Waals surface area contributed by atoms with Crippen molar-refractivity contribution in [2.75, 3.05) is 4.90 Å². The Morgan fingerprint density at radius 3 is 2.36 bits per heavy atom. The maximum atomic E-state index is 14.3. The van der Waals surface area contributed by atoms with E-state index in [9.17, 15) is 25.4 Å². The number of benzene rings is 3. The Morgan fingerprint density at radius 2 is 1.72 bits per heavy atom. The van der Waals surface area contributed by atoms with E-state index >= 15 is 0 Å². The summed E-state index contributed by atoms with van der Waals surface area (Å²) in [4.78, 5) is 27.0. The summed E-state index contributed by atoms with van der Waals surface area (Å²) < 4.78 is 0. The highest BCUT2D eigenvalue weighted by molar-refractivity contribution is 6.05. The van der Waals surface area contributed by atoms with Gasteiger partial charge >= 0.3 is 0 Å². The minimum absolute atomic E-state index is 0.100. The van der Waals surface area contributed by atoms with Gasteiger partial charge < -0.3 is 4.90 Å². The third-order valence-electron chi connectivity index (χ3n) is 7.29. The summed E-state index contributed by atoms with van der Waals surface area (Å²) in [5.74, 6) is -1.04. The molecular formula is C29H22N4O3. The first kappa shape index (κ1) is 23.0. The highest BCUT2D eigenvalue weighted by atomic mass is 16.6. The molecule has 0 bridgehead atoms. The van der Waals surface area contributed by atoms with Gasteiger partial charge in [-0.15, -0.1) is 0 Å². The van der Waals surface area contributed by atoms with Gasteiger partial charge in [0.15, 0.2) is 11.2 Å². The molecule has 1 saturated heterocycles. The summed E-state index contributed by atoms with van der Waals surface area (Å²) in [6, 6.07) is 22.0. The zero-order valence-corrected chi connectivity index (χ0v) is 19.8. The number of rotatable bonds is 4. The van der Waals surface area contributed by atoms with Crippen LogP contribution in [0.4, 0.5) is 11.4 Å². The van der Waals surface area contributed by atoms with E-state index in [1.807, 2.05) is 67.3 Å². The Hall–Kier alpha value is -4.75. The zero-order valence-electron chi connectivity index (χ0n) is 19.8. The van der Waals surface area contributed by atoms with Crippen molar-refractivity contribution in [1.82, 2.24) is 0 Å². The first-order valence-corrected chi connectivity index (χ1v) is 11.6.